The molecule has 0 aliphatic carbocycles. The maximum atomic E-state index is 13.2. The van der Waals surface area contributed by atoms with Gasteiger partial charge in [0.2, 0.25) is 17.6 Å². The molecular weight excluding hydrogens is 445 g/mol. The SMILES string of the molecule is Cn1c(=O)c(-c2noc(CCC(=O)Nc3ccccc3C#N)n2)nn(-c2ccc(F)cc2)c1=O. The number of carbonyl (C=O) groups excluding carboxylic acids is 1. The number of nitrogens with zero attached hydrogens (tertiary/aromatic N) is 6. The standard InChI is InChI=1S/C22H16FN7O4/c1-29-21(32)19(27-30(22(29)33)15-8-6-14(23)7-9-15)20-26-18(34-28-20)11-10-17(31)25-16-5-3-2-4-13(16)12-24/h2-9H,10-11H2,1H3,(H,25,31). The molecule has 0 unspecified atom stereocenters. The van der Waals surface area contributed by atoms with Gasteiger partial charge in [-0.3, -0.25) is 14.2 Å². The molecule has 2 aromatic heterocycles. The quantitative estimate of drug-likeness (QED) is 0.455. The lowest BCUT2D eigenvalue weighted by molar-refractivity contribution is -0.116. The Morgan fingerprint density at radius 3 is 2.65 bits per heavy atom. The van der Waals surface area contributed by atoms with Gasteiger partial charge in [-0.1, -0.05) is 17.3 Å². The summed E-state index contributed by atoms with van der Waals surface area (Å²) in [6.07, 6.45) is 0.0351. The third-order valence-corrected chi connectivity index (χ3v) is 4.81. The van der Waals surface area contributed by atoms with E-state index in [0.29, 0.717) is 11.3 Å². The van der Waals surface area contributed by atoms with Crippen molar-refractivity contribution in [1.29, 1.82) is 5.26 Å². The van der Waals surface area contributed by atoms with E-state index in [9.17, 15) is 18.8 Å². The van der Waals surface area contributed by atoms with Crippen LogP contribution in [0.5, 0.6) is 0 Å². The summed E-state index contributed by atoms with van der Waals surface area (Å²) < 4.78 is 20.1. The molecule has 0 radical (unpaired) electrons. The van der Waals surface area contributed by atoms with Gasteiger partial charge in [0.25, 0.3) is 5.56 Å². The van der Waals surface area contributed by atoms with Gasteiger partial charge >= 0.3 is 5.69 Å². The van der Waals surface area contributed by atoms with Crippen molar-refractivity contribution in [2.45, 2.75) is 12.8 Å². The number of hydrogen-bond donors (Lipinski definition) is 1. The first-order valence-electron chi connectivity index (χ1n) is 9.95. The second kappa shape index (κ2) is 9.29. The van der Waals surface area contributed by atoms with Gasteiger partial charge in [-0.05, 0) is 36.4 Å². The zero-order valence-electron chi connectivity index (χ0n) is 17.7. The van der Waals surface area contributed by atoms with Crippen LogP contribution in [-0.4, -0.2) is 30.4 Å². The van der Waals surface area contributed by atoms with Gasteiger partial charge < -0.3 is 9.84 Å². The summed E-state index contributed by atoms with van der Waals surface area (Å²) in [5.41, 5.74) is -0.791. The van der Waals surface area contributed by atoms with Crippen molar-refractivity contribution in [3.8, 4) is 23.3 Å². The van der Waals surface area contributed by atoms with E-state index < -0.39 is 17.1 Å². The molecule has 0 saturated carbocycles. The van der Waals surface area contributed by atoms with Crippen molar-refractivity contribution in [3.63, 3.8) is 0 Å². The molecule has 2 aromatic carbocycles. The Kier molecular flexibility index (Phi) is 6.09. The van der Waals surface area contributed by atoms with Crippen molar-refractivity contribution >= 4 is 11.6 Å². The number of amides is 1. The summed E-state index contributed by atoms with van der Waals surface area (Å²) in [5, 5.41) is 19.5. The van der Waals surface area contributed by atoms with Crippen molar-refractivity contribution < 1.29 is 13.7 Å². The highest BCUT2D eigenvalue weighted by Crippen LogP contribution is 2.15. The molecule has 0 saturated heterocycles. The van der Waals surface area contributed by atoms with Crippen molar-refractivity contribution in [2.75, 3.05) is 5.32 Å². The number of benzene rings is 2. The second-order valence-electron chi connectivity index (χ2n) is 7.10. The molecule has 0 atom stereocenters. The number of nitrogens with one attached hydrogen (secondary N) is 1. The van der Waals surface area contributed by atoms with Gasteiger partial charge in [-0.15, -0.1) is 0 Å². The number of para-hydroxylation sites is 1. The number of carbonyl (C=O) groups is 1. The fraction of sp³-hybridized carbons (Fsp3) is 0.136. The van der Waals surface area contributed by atoms with E-state index in [0.717, 1.165) is 21.4 Å². The first-order chi connectivity index (χ1) is 16.4. The van der Waals surface area contributed by atoms with Crippen LogP contribution in [-0.2, 0) is 18.3 Å². The van der Waals surface area contributed by atoms with Crippen LogP contribution in [0.15, 0.2) is 62.6 Å². The minimum absolute atomic E-state index is 0.0259. The predicted octanol–water partition coefficient (Wildman–Crippen LogP) is 1.56. The number of halogens is 1. The summed E-state index contributed by atoms with van der Waals surface area (Å²) in [4.78, 5) is 41.4. The molecule has 11 nitrogen and oxygen atoms in total. The van der Waals surface area contributed by atoms with Gasteiger partial charge in [-0.2, -0.15) is 20.0 Å². The van der Waals surface area contributed by atoms with Crippen molar-refractivity contribution in [2.24, 2.45) is 7.05 Å². The van der Waals surface area contributed by atoms with Crippen LogP contribution in [0.3, 0.4) is 0 Å². The number of anilines is 1. The Hall–Kier alpha value is -4.92. The lowest BCUT2D eigenvalue weighted by Crippen LogP contribution is -2.40. The minimum atomic E-state index is -0.749. The number of nitriles is 1. The fourth-order valence-electron chi connectivity index (χ4n) is 3.04. The Bertz CT molecular complexity index is 1530. The zero-order chi connectivity index (χ0) is 24.2. The molecule has 1 amide bonds. The Balaban J connectivity index is 1.54. The van der Waals surface area contributed by atoms with Crippen molar-refractivity contribution in [1.82, 2.24) is 24.5 Å². The highest BCUT2D eigenvalue weighted by atomic mass is 19.1. The zero-order valence-corrected chi connectivity index (χ0v) is 17.7. The van der Waals surface area contributed by atoms with Gasteiger partial charge in [-0.25, -0.2) is 9.18 Å². The van der Waals surface area contributed by atoms with Crippen molar-refractivity contribution in [3.05, 3.63) is 86.6 Å². The second-order valence-corrected chi connectivity index (χ2v) is 7.10. The number of rotatable bonds is 6. The molecule has 4 aromatic rings. The molecule has 34 heavy (non-hydrogen) atoms. The first kappa shape index (κ1) is 22.3. The van der Waals surface area contributed by atoms with E-state index in [1.807, 2.05) is 6.07 Å². The minimum Gasteiger partial charge on any atom is -0.339 e. The molecule has 0 bridgehead atoms. The highest BCUT2D eigenvalue weighted by molar-refractivity contribution is 5.92. The topological polar surface area (TPSA) is 149 Å². The largest absolute Gasteiger partial charge is 0.351 e. The van der Waals surface area contributed by atoms with Crippen LogP contribution >= 0.6 is 0 Å². The monoisotopic (exact) mass is 461 g/mol. The first-order valence-corrected chi connectivity index (χ1v) is 9.95. The lowest BCUT2D eigenvalue weighted by atomic mass is 10.2. The molecule has 0 aliphatic rings. The molecule has 0 fully saturated rings. The lowest BCUT2D eigenvalue weighted by Gasteiger charge is -2.07. The normalized spacial score (nSPS) is 10.6. The summed E-state index contributed by atoms with van der Waals surface area (Å²) in [5.74, 6) is -0.963. The van der Waals surface area contributed by atoms with Crippen LogP contribution in [0.1, 0.15) is 17.9 Å². The molecular formula is C22H16FN7O4. The average Bonchev–Trinajstić information content (AvgIpc) is 3.31. The van der Waals surface area contributed by atoms with Crippen LogP contribution in [0.4, 0.5) is 10.1 Å². The molecule has 0 aliphatic heterocycles. The summed E-state index contributed by atoms with van der Waals surface area (Å²) in [6.45, 7) is 0. The number of aromatic nitrogens is 5. The van der Waals surface area contributed by atoms with Crippen LogP contribution in [0, 0.1) is 17.1 Å². The molecule has 12 heteroatoms. The summed E-state index contributed by atoms with van der Waals surface area (Å²) in [6, 6.07) is 13.5. The van der Waals surface area contributed by atoms with E-state index in [2.05, 4.69) is 20.6 Å². The number of hydrogen-bond acceptors (Lipinski definition) is 8. The highest BCUT2D eigenvalue weighted by Gasteiger charge is 2.19. The predicted molar refractivity (Wildman–Crippen MR) is 116 cm³/mol. The van der Waals surface area contributed by atoms with Gasteiger partial charge in [0.15, 0.2) is 5.69 Å². The van der Waals surface area contributed by atoms with Gasteiger partial charge in [0.05, 0.1) is 16.9 Å². The third-order valence-electron chi connectivity index (χ3n) is 4.81. The Morgan fingerprint density at radius 2 is 1.91 bits per heavy atom. The van der Waals surface area contributed by atoms with E-state index in [1.165, 1.54) is 19.2 Å². The summed E-state index contributed by atoms with van der Waals surface area (Å²) in [7, 11) is 1.26. The van der Waals surface area contributed by atoms with Gasteiger partial charge in [0, 0.05) is 19.9 Å². The van der Waals surface area contributed by atoms with E-state index >= 15 is 0 Å². The molecule has 0 spiro atoms. The molecule has 170 valence electrons. The van der Waals surface area contributed by atoms with Gasteiger partial charge in [0.1, 0.15) is 11.9 Å². The molecule has 2 heterocycles. The van der Waals surface area contributed by atoms with Crippen LogP contribution in [0.25, 0.3) is 17.2 Å². The Labute approximate surface area is 190 Å². The third kappa shape index (κ3) is 4.49. The number of aryl methyl sites for hydroxylation is 1. The van der Waals surface area contributed by atoms with Crippen LogP contribution < -0.4 is 16.6 Å². The molecule has 1 N–H and O–H groups in total. The van der Waals surface area contributed by atoms with E-state index in [1.54, 1.807) is 24.3 Å². The summed E-state index contributed by atoms with van der Waals surface area (Å²) >= 11 is 0. The Morgan fingerprint density at radius 1 is 1.18 bits per heavy atom. The van der Waals surface area contributed by atoms with E-state index in [-0.39, 0.29) is 41.8 Å². The smallest absolute Gasteiger partial charge is 0.339 e. The maximum absolute atomic E-state index is 13.2. The van der Waals surface area contributed by atoms with Crippen LogP contribution in [0.2, 0.25) is 0 Å². The van der Waals surface area contributed by atoms with E-state index in [4.69, 9.17) is 9.78 Å². The maximum Gasteiger partial charge on any atom is 0.351 e. The molecule has 4 rings (SSSR count). The fourth-order valence-corrected chi connectivity index (χ4v) is 3.04. The average molecular weight is 461 g/mol.